The van der Waals surface area contributed by atoms with E-state index in [1.165, 1.54) is 0 Å². The molecule has 29 heavy (non-hydrogen) atoms. The lowest BCUT2D eigenvalue weighted by Crippen LogP contribution is -2.23. The third kappa shape index (κ3) is 5.58. The monoisotopic (exact) mass is 585 g/mol. The highest BCUT2D eigenvalue weighted by atomic mass is 127. The van der Waals surface area contributed by atoms with Crippen molar-refractivity contribution in [3.8, 4) is 11.5 Å². The van der Waals surface area contributed by atoms with Crippen LogP contribution in [0.4, 0.5) is 0 Å². The number of ether oxygens (including phenoxy) is 2. The minimum Gasteiger partial charge on any atom is -0.487 e. The molecular weight excluding hydrogens is 561 g/mol. The molecule has 0 spiro atoms. The molecule has 0 fully saturated rings. The summed E-state index contributed by atoms with van der Waals surface area (Å²) in [6.07, 6.45) is -0.106. The Balaban J connectivity index is 2.18. The second-order valence-corrected chi connectivity index (χ2v) is 10.9. The second-order valence-electron chi connectivity index (χ2n) is 7.67. The summed E-state index contributed by atoms with van der Waals surface area (Å²) in [5.41, 5.74) is 1.63. The highest BCUT2D eigenvalue weighted by molar-refractivity contribution is 14.1. The molecule has 154 valence electrons. The number of nitrogens with zero attached hydrogens (tertiary/aromatic N) is 1. The zero-order valence-electron chi connectivity index (χ0n) is 17.3. The molecule has 3 nitrogen and oxygen atoms in total. The van der Waals surface area contributed by atoms with Crippen molar-refractivity contribution >= 4 is 61.2 Å². The summed E-state index contributed by atoms with van der Waals surface area (Å²) in [4.78, 5) is 4.93. The molecule has 1 aromatic heterocycles. The van der Waals surface area contributed by atoms with Crippen LogP contribution in [0.3, 0.4) is 0 Å². The number of hydrogen-bond acceptors (Lipinski definition) is 4. The lowest BCUT2D eigenvalue weighted by molar-refractivity contribution is 0.132. The number of thioether (sulfide) groups is 1. The zero-order chi connectivity index (χ0) is 21.2. The number of pyridine rings is 1. The van der Waals surface area contributed by atoms with Gasteiger partial charge in [0, 0.05) is 15.0 Å². The molecule has 0 radical (unpaired) electrons. The molecule has 0 aliphatic rings. The SMILES string of the molecule is CCSc1cc(OC(C)(C)C)c2cc(I)c(Br)c(O[C@@H](C)c3ccccc3)c2n1. The van der Waals surface area contributed by atoms with Crippen LogP contribution in [0.2, 0.25) is 0 Å². The molecule has 0 saturated heterocycles. The largest absolute Gasteiger partial charge is 0.487 e. The van der Waals surface area contributed by atoms with Gasteiger partial charge in [0.1, 0.15) is 28.0 Å². The predicted octanol–water partition coefficient (Wildman–Crippen LogP) is 8.03. The third-order valence-electron chi connectivity index (χ3n) is 4.16. The van der Waals surface area contributed by atoms with E-state index in [1.807, 2.05) is 24.3 Å². The summed E-state index contributed by atoms with van der Waals surface area (Å²) >= 11 is 7.76. The standard InChI is InChI=1S/C23H25BrINO2S/c1-6-29-19-13-18(28-23(3,4)5)16-12-17(25)20(24)22(21(16)26-19)27-14(2)15-10-8-7-9-11-15/h7-14H,6H2,1-5H3/t14-/m0/s1. The van der Waals surface area contributed by atoms with Crippen molar-refractivity contribution < 1.29 is 9.47 Å². The molecule has 0 bridgehead atoms. The van der Waals surface area contributed by atoms with E-state index in [0.29, 0.717) is 0 Å². The van der Waals surface area contributed by atoms with Crippen molar-refractivity contribution in [3.05, 3.63) is 56.1 Å². The van der Waals surface area contributed by atoms with Gasteiger partial charge in [-0.25, -0.2) is 4.98 Å². The smallest absolute Gasteiger partial charge is 0.161 e. The molecule has 0 unspecified atom stereocenters. The zero-order valence-corrected chi connectivity index (χ0v) is 21.8. The summed E-state index contributed by atoms with van der Waals surface area (Å²) in [7, 11) is 0. The van der Waals surface area contributed by atoms with Gasteiger partial charge in [-0.3, -0.25) is 0 Å². The van der Waals surface area contributed by atoms with E-state index in [9.17, 15) is 0 Å². The highest BCUT2D eigenvalue weighted by Crippen LogP contribution is 2.43. The molecule has 3 rings (SSSR count). The van der Waals surface area contributed by atoms with E-state index in [0.717, 1.165) is 46.8 Å². The van der Waals surface area contributed by atoms with Gasteiger partial charge in [0.15, 0.2) is 5.75 Å². The molecule has 0 aliphatic heterocycles. The Morgan fingerprint density at radius 1 is 1.17 bits per heavy atom. The van der Waals surface area contributed by atoms with Crippen LogP contribution in [0.1, 0.15) is 46.3 Å². The summed E-state index contributed by atoms with van der Waals surface area (Å²) in [6, 6.07) is 14.4. The first-order valence-electron chi connectivity index (χ1n) is 9.55. The fraction of sp³-hybridized carbons (Fsp3) is 0.348. The first-order chi connectivity index (χ1) is 13.7. The first kappa shape index (κ1) is 22.7. The second kappa shape index (κ2) is 9.43. The van der Waals surface area contributed by atoms with Gasteiger partial charge in [-0.05, 0) is 83.6 Å². The lowest BCUT2D eigenvalue weighted by atomic mass is 10.1. The number of halogens is 2. The van der Waals surface area contributed by atoms with Gasteiger partial charge in [-0.1, -0.05) is 37.3 Å². The van der Waals surface area contributed by atoms with E-state index in [2.05, 4.69) is 91.3 Å². The molecule has 1 atom stereocenters. The van der Waals surface area contributed by atoms with Crippen molar-refractivity contribution in [2.75, 3.05) is 5.75 Å². The predicted molar refractivity (Wildman–Crippen MR) is 134 cm³/mol. The fourth-order valence-electron chi connectivity index (χ4n) is 2.94. The van der Waals surface area contributed by atoms with E-state index in [1.54, 1.807) is 11.8 Å². The van der Waals surface area contributed by atoms with Crippen molar-refractivity contribution in [1.29, 1.82) is 0 Å². The molecule has 2 aromatic carbocycles. The van der Waals surface area contributed by atoms with Crippen molar-refractivity contribution in [3.63, 3.8) is 0 Å². The van der Waals surface area contributed by atoms with Gasteiger partial charge in [-0.2, -0.15) is 0 Å². The summed E-state index contributed by atoms with van der Waals surface area (Å²) in [5, 5.41) is 1.90. The van der Waals surface area contributed by atoms with Gasteiger partial charge in [0.05, 0.1) is 4.47 Å². The third-order valence-corrected chi connectivity index (χ3v) is 7.34. The van der Waals surface area contributed by atoms with Crippen LogP contribution in [-0.4, -0.2) is 16.3 Å². The Bertz CT molecular complexity index is 1010. The van der Waals surface area contributed by atoms with Gasteiger partial charge in [-0.15, -0.1) is 11.8 Å². The van der Waals surface area contributed by atoms with Crippen LogP contribution >= 0.6 is 50.3 Å². The number of benzene rings is 2. The molecule has 0 N–H and O–H groups in total. The minimum atomic E-state index is -0.306. The van der Waals surface area contributed by atoms with Gasteiger partial charge in [0.25, 0.3) is 0 Å². The van der Waals surface area contributed by atoms with E-state index in [-0.39, 0.29) is 11.7 Å². The first-order valence-corrected chi connectivity index (χ1v) is 12.4. The van der Waals surface area contributed by atoms with Crippen LogP contribution in [0.5, 0.6) is 11.5 Å². The average molecular weight is 586 g/mol. The van der Waals surface area contributed by atoms with Crippen LogP contribution < -0.4 is 9.47 Å². The van der Waals surface area contributed by atoms with Crippen LogP contribution in [0.25, 0.3) is 10.9 Å². The molecule has 1 heterocycles. The van der Waals surface area contributed by atoms with Crippen molar-refractivity contribution in [1.82, 2.24) is 4.98 Å². The Morgan fingerprint density at radius 3 is 2.48 bits per heavy atom. The van der Waals surface area contributed by atoms with Crippen LogP contribution in [-0.2, 0) is 0 Å². The summed E-state index contributed by atoms with van der Waals surface area (Å²) in [5.74, 6) is 2.52. The Morgan fingerprint density at radius 2 is 1.86 bits per heavy atom. The van der Waals surface area contributed by atoms with Crippen LogP contribution in [0.15, 0.2) is 52.0 Å². The molecular formula is C23H25BrINO2S. The summed E-state index contributed by atoms with van der Waals surface area (Å²) < 4.78 is 14.8. The maximum atomic E-state index is 6.46. The fourth-order valence-corrected chi connectivity index (χ4v) is 4.53. The average Bonchev–Trinajstić information content (AvgIpc) is 2.66. The number of fused-ring (bicyclic) bond motifs is 1. The van der Waals surface area contributed by atoms with Crippen LogP contribution in [0, 0.1) is 3.57 Å². The van der Waals surface area contributed by atoms with Crippen molar-refractivity contribution in [2.24, 2.45) is 0 Å². The Hall–Kier alpha value is -0.990. The Kier molecular flexibility index (Phi) is 7.38. The molecule has 6 heteroatoms. The topological polar surface area (TPSA) is 31.4 Å². The highest BCUT2D eigenvalue weighted by Gasteiger charge is 2.22. The molecule has 0 aliphatic carbocycles. The van der Waals surface area contributed by atoms with Gasteiger partial charge >= 0.3 is 0 Å². The minimum absolute atomic E-state index is 0.106. The van der Waals surface area contributed by atoms with E-state index in [4.69, 9.17) is 14.5 Å². The quantitative estimate of drug-likeness (QED) is 0.216. The van der Waals surface area contributed by atoms with Gasteiger partial charge in [0.2, 0.25) is 0 Å². The lowest BCUT2D eigenvalue weighted by Gasteiger charge is -2.24. The number of hydrogen-bond donors (Lipinski definition) is 0. The van der Waals surface area contributed by atoms with E-state index >= 15 is 0 Å². The normalized spacial score (nSPS) is 12.8. The molecule has 0 amide bonds. The maximum Gasteiger partial charge on any atom is 0.161 e. The Labute approximate surface area is 199 Å². The maximum absolute atomic E-state index is 6.46. The van der Waals surface area contributed by atoms with E-state index < -0.39 is 0 Å². The molecule has 0 saturated carbocycles. The molecule has 3 aromatic rings. The summed E-state index contributed by atoms with van der Waals surface area (Å²) in [6.45, 7) is 10.4. The number of aromatic nitrogens is 1. The van der Waals surface area contributed by atoms with Crippen molar-refractivity contribution in [2.45, 2.75) is 51.3 Å². The number of rotatable bonds is 6. The van der Waals surface area contributed by atoms with Gasteiger partial charge < -0.3 is 9.47 Å².